The van der Waals surface area contributed by atoms with Gasteiger partial charge in [-0.25, -0.2) is 0 Å². The quantitative estimate of drug-likeness (QED) is 0.377. The minimum Gasteiger partial charge on any atom is -0.469 e. The summed E-state index contributed by atoms with van der Waals surface area (Å²) in [6, 6.07) is 0. The van der Waals surface area contributed by atoms with Crippen molar-refractivity contribution >= 4 is 23.9 Å². The number of esters is 4. The number of aliphatic hydroxyl groups excluding tert-OH is 1. The molecule has 1 aliphatic heterocycles. The predicted octanol–water partition coefficient (Wildman–Crippen LogP) is 1.45. The van der Waals surface area contributed by atoms with Gasteiger partial charge in [0.15, 0.2) is 0 Å². The van der Waals surface area contributed by atoms with E-state index in [4.69, 9.17) is 18.9 Å². The van der Waals surface area contributed by atoms with Crippen molar-refractivity contribution in [1.82, 2.24) is 0 Å². The lowest BCUT2D eigenvalue weighted by molar-refractivity contribution is -0.175. The third kappa shape index (κ3) is 2.36. The van der Waals surface area contributed by atoms with Crippen molar-refractivity contribution < 1.29 is 43.2 Å². The van der Waals surface area contributed by atoms with E-state index in [0.29, 0.717) is 31.3 Å². The Labute approximate surface area is 191 Å². The van der Waals surface area contributed by atoms with E-state index in [-0.39, 0.29) is 12.3 Å². The average molecular weight is 462 g/mol. The van der Waals surface area contributed by atoms with Crippen LogP contribution in [-0.2, 0) is 38.1 Å². The SMILES string of the molecule is C=C1[C@H](O)[C@]23C[C@@]1(OC(C)=O)CC[C@H]2[C@@]12CC[C@H](OC(C)=O)C(C)(C(=O)O1)[C@H]2[C@@H]3C(=O)OC. The summed E-state index contributed by atoms with van der Waals surface area (Å²) in [6.07, 6.45) is -0.000264. The molecule has 4 bridgehead atoms. The number of hydrogen-bond donors (Lipinski definition) is 1. The second kappa shape index (κ2) is 6.58. The number of methoxy groups -OCH3 is 1. The van der Waals surface area contributed by atoms with Gasteiger partial charge in [0.2, 0.25) is 0 Å². The van der Waals surface area contributed by atoms with E-state index < -0.39 is 70.0 Å². The Balaban J connectivity index is 1.71. The molecule has 0 radical (unpaired) electrons. The molecule has 5 aliphatic rings. The van der Waals surface area contributed by atoms with Crippen LogP contribution in [0.15, 0.2) is 12.2 Å². The van der Waals surface area contributed by atoms with Gasteiger partial charge in [0.05, 0.1) is 19.1 Å². The number of carbonyl (C=O) groups excluding carboxylic acids is 4. The zero-order valence-electron chi connectivity index (χ0n) is 19.3. The molecule has 5 fully saturated rings. The van der Waals surface area contributed by atoms with Crippen molar-refractivity contribution in [2.24, 2.45) is 28.6 Å². The molecule has 1 unspecified atom stereocenters. The Morgan fingerprint density at radius 2 is 1.85 bits per heavy atom. The highest BCUT2D eigenvalue weighted by Gasteiger charge is 2.87. The van der Waals surface area contributed by atoms with Crippen molar-refractivity contribution in [1.29, 1.82) is 0 Å². The molecule has 0 aromatic heterocycles. The van der Waals surface area contributed by atoms with Gasteiger partial charge in [0.1, 0.15) is 22.7 Å². The molecule has 180 valence electrons. The summed E-state index contributed by atoms with van der Waals surface area (Å²) in [7, 11) is 1.27. The van der Waals surface area contributed by atoms with Gasteiger partial charge in [-0.2, -0.15) is 0 Å². The highest BCUT2D eigenvalue weighted by atomic mass is 16.6. The van der Waals surface area contributed by atoms with Gasteiger partial charge in [-0.05, 0) is 38.2 Å². The normalized spacial score (nSPS) is 49.1. The summed E-state index contributed by atoms with van der Waals surface area (Å²) < 4.78 is 22.7. The van der Waals surface area contributed by atoms with Crippen LogP contribution in [0.2, 0.25) is 0 Å². The van der Waals surface area contributed by atoms with E-state index in [2.05, 4.69) is 6.58 Å². The number of rotatable bonds is 3. The number of carbonyl (C=O) groups is 4. The van der Waals surface area contributed by atoms with Gasteiger partial charge in [0.25, 0.3) is 0 Å². The molecule has 1 heterocycles. The van der Waals surface area contributed by atoms with Crippen LogP contribution in [0.25, 0.3) is 0 Å². The third-order valence-corrected chi connectivity index (χ3v) is 9.47. The topological polar surface area (TPSA) is 125 Å². The van der Waals surface area contributed by atoms with Crippen LogP contribution in [0.1, 0.15) is 52.9 Å². The Bertz CT molecular complexity index is 988. The summed E-state index contributed by atoms with van der Waals surface area (Å²) in [5, 5.41) is 11.6. The fourth-order valence-corrected chi connectivity index (χ4v) is 8.55. The van der Waals surface area contributed by atoms with E-state index in [1.54, 1.807) is 6.92 Å². The highest BCUT2D eigenvalue weighted by Crippen LogP contribution is 2.79. The van der Waals surface area contributed by atoms with E-state index in [0.717, 1.165) is 0 Å². The maximum Gasteiger partial charge on any atom is 0.316 e. The van der Waals surface area contributed by atoms with Crippen molar-refractivity contribution in [2.45, 2.75) is 76.3 Å². The lowest BCUT2D eigenvalue weighted by atomic mass is 9.58. The van der Waals surface area contributed by atoms with Crippen LogP contribution in [0.4, 0.5) is 0 Å². The molecule has 0 aromatic rings. The van der Waals surface area contributed by atoms with Crippen LogP contribution >= 0.6 is 0 Å². The number of hydrogen-bond acceptors (Lipinski definition) is 9. The van der Waals surface area contributed by atoms with Gasteiger partial charge >= 0.3 is 23.9 Å². The first-order chi connectivity index (χ1) is 15.4. The highest BCUT2D eigenvalue weighted by molar-refractivity contribution is 5.86. The molecule has 1 saturated heterocycles. The van der Waals surface area contributed by atoms with E-state index in [1.165, 1.54) is 21.0 Å². The molecule has 9 heteroatoms. The molecule has 0 amide bonds. The van der Waals surface area contributed by atoms with Gasteiger partial charge in [0, 0.05) is 37.5 Å². The Morgan fingerprint density at radius 1 is 1.15 bits per heavy atom. The van der Waals surface area contributed by atoms with Crippen LogP contribution in [0, 0.1) is 28.6 Å². The van der Waals surface area contributed by atoms with Crippen molar-refractivity contribution in [2.75, 3.05) is 7.11 Å². The number of fused-ring (bicyclic) bond motifs is 1. The second-order valence-corrected chi connectivity index (χ2v) is 10.6. The molecule has 0 aromatic carbocycles. The first-order valence-electron chi connectivity index (χ1n) is 11.5. The molecule has 4 aliphatic carbocycles. The molecule has 1 spiro atoms. The summed E-state index contributed by atoms with van der Waals surface area (Å²) in [6.45, 7) is 8.37. The molecular formula is C24H30O9. The zero-order valence-corrected chi connectivity index (χ0v) is 19.3. The third-order valence-electron chi connectivity index (χ3n) is 9.47. The maximum absolute atomic E-state index is 13.4. The van der Waals surface area contributed by atoms with Gasteiger partial charge < -0.3 is 24.1 Å². The first-order valence-corrected chi connectivity index (χ1v) is 11.5. The van der Waals surface area contributed by atoms with Gasteiger partial charge in [-0.3, -0.25) is 19.2 Å². The average Bonchev–Trinajstić information content (AvgIpc) is 3.15. The number of ether oxygens (including phenoxy) is 4. The standard InChI is InChI=1S/C24H30O9/c1-11-18(27)23-10-22(11,32-13(3)26)8-6-14(23)24-9-7-15(31-12(2)25)21(4,20(29)33-24)17(24)16(23)19(28)30-5/h14-18,27H,1,6-10H2,2-5H3/t14-,15+,16-,17-,18+,21?,22+,23-,24-/m1/s1. The maximum atomic E-state index is 13.4. The summed E-state index contributed by atoms with van der Waals surface area (Å²) >= 11 is 0. The second-order valence-electron chi connectivity index (χ2n) is 10.6. The molecule has 4 saturated carbocycles. The van der Waals surface area contributed by atoms with E-state index in [1.807, 2.05) is 0 Å². The van der Waals surface area contributed by atoms with E-state index >= 15 is 0 Å². The monoisotopic (exact) mass is 462 g/mol. The minimum absolute atomic E-state index is 0.203. The van der Waals surface area contributed by atoms with Crippen molar-refractivity contribution in [3.05, 3.63) is 12.2 Å². The fraction of sp³-hybridized carbons (Fsp3) is 0.750. The fourth-order valence-electron chi connectivity index (χ4n) is 8.55. The Morgan fingerprint density at radius 3 is 2.45 bits per heavy atom. The minimum atomic E-state index is -1.28. The largest absolute Gasteiger partial charge is 0.469 e. The molecule has 5 rings (SSSR count). The van der Waals surface area contributed by atoms with Gasteiger partial charge in [-0.15, -0.1) is 0 Å². The molecule has 33 heavy (non-hydrogen) atoms. The first kappa shape index (κ1) is 22.4. The van der Waals surface area contributed by atoms with Crippen LogP contribution in [0.3, 0.4) is 0 Å². The summed E-state index contributed by atoms with van der Waals surface area (Å²) in [4.78, 5) is 50.6. The lowest BCUT2D eigenvalue weighted by Crippen LogP contribution is -2.54. The smallest absolute Gasteiger partial charge is 0.316 e. The van der Waals surface area contributed by atoms with Crippen molar-refractivity contribution in [3.63, 3.8) is 0 Å². The molecular weight excluding hydrogens is 432 g/mol. The lowest BCUT2D eigenvalue weighted by Gasteiger charge is -2.46. The predicted molar refractivity (Wildman–Crippen MR) is 110 cm³/mol. The number of aliphatic hydroxyl groups is 1. The molecule has 9 atom stereocenters. The summed E-state index contributed by atoms with van der Waals surface area (Å²) in [5.41, 5.74) is -4.07. The Kier molecular flexibility index (Phi) is 4.46. The van der Waals surface area contributed by atoms with E-state index in [9.17, 15) is 24.3 Å². The van der Waals surface area contributed by atoms with Crippen LogP contribution < -0.4 is 0 Å². The summed E-state index contributed by atoms with van der Waals surface area (Å²) in [5.74, 6) is -4.01. The molecule has 1 N–H and O–H groups in total. The molecule has 9 nitrogen and oxygen atoms in total. The van der Waals surface area contributed by atoms with Crippen LogP contribution in [0.5, 0.6) is 0 Å². The zero-order chi connectivity index (χ0) is 24.1. The van der Waals surface area contributed by atoms with Crippen molar-refractivity contribution in [3.8, 4) is 0 Å². The van der Waals surface area contributed by atoms with Gasteiger partial charge in [-0.1, -0.05) is 6.58 Å². The Hall–Kier alpha value is -2.42. The van der Waals surface area contributed by atoms with Crippen LogP contribution in [-0.4, -0.2) is 59.5 Å².